The zero-order valence-electron chi connectivity index (χ0n) is 2.16. The molecule has 0 atom stereocenters. The van der Waals surface area contributed by atoms with Gasteiger partial charge in [0.1, 0.15) is 7.58 Å². The summed E-state index contributed by atoms with van der Waals surface area (Å²) < 4.78 is 4.15. The van der Waals surface area contributed by atoms with Crippen molar-refractivity contribution in [3.8, 4) is 0 Å². The Kier molecular flexibility index (Phi) is 5.72. The van der Waals surface area contributed by atoms with Gasteiger partial charge in [0.05, 0.1) is 0 Å². The van der Waals surface area contributed by atoms with Crippen LogP contribution in [0, 0.1) is 0 Å². The van der Waals surface area contributed by atoms with Crippen molar-refractivity contribution in [2.24, 2.45) is 0 Å². The molecule has 0 bridgehead atoms. The molecule has 0 amide bonds. The molecule has 0 aliphatic rings. The topological polar surface area (TPSA) is 29.5 Å². The van der Waals surface area contributed by atoms with Crippen LogP contribution in [0.25, 0.3) is 0 Å². The molecule has 0 aliphatic heterocycles. The molecule has 0 saturated heterocycles. The third-order valence-electron chi connectivity index (χ3n) is 0.0698. The van der Waals surface area contributed by atoms with E-state index in [9.17, 15) is 0 Å². The van der Waals surface area contributed by atoms with Gasteiger partial charge >= 0.3 is 0 Å². The minimum absolute atomic E-state index is 0.0868. The highest BCUT2D eigenvalue weighted by Gasteiger charge is 1.67. The lowest BCUT2D eigenvalue weighted by molar-refractivity contribution is 0.554. The van der Waals surface area contributed by atoms with Crippen LogP contribution in [0.5, 0.6) is 0 Å². The van der Waals surface area contributed by atoms with E-state index in [4.69, 9.17) is 4.89 Å². The van der Waals surface area contributed by atoms with Crippen molar-refractivity contribution >= 4 is 28.4 Å². The lowest BCUT2D eigenvalue weighted by atomic mass is 15.8. The summed E-state index contributed by atoms with van der Waals surface area (Å²) in [4.78, 5) is 7.74. The van der Waals surface area contributed by atoms with Gasteiger partial charge in [0.15, 0.2) is 0 Å². The van der Waals surface area contributed by atoms with E-state index in [1.807, 2.05) is 0 Å². The Morgan fingerprint density at radius 1 is 1.80 bits per heavy atom. The molecule has 29 valence electrons. The summed E-state index contributed by atoms with van der Waals surface area (Å²) in [6.45, 7) is 0. The molecule has 0 heterocycles. The molecule has 5 heavy (non-hydrogen) atoms. The van der Waals surface area contributed by atoms with Crippen LogP contribution in [-0.2, 0) is 16.1 Å². The van der Waals surface area contributed by atoms with Crippen LogP contribution in [0.15, 0.2) is 0 Å². The van der Waals surface area contributed by atoms with Crippen molar-refractivity contribution in [3.05, 3.63) is 0 Å². The zero-order chi connectivity index (χ0) is 4.12. The van der Waals surface area contributed by atoms with Gasteiger partial charge in [-0.15, -0.1) is 0 Å². The quantitative estimate of drug-likeness (QED) is 0.563. The van der Waals surface area contributed by atoms with Crippen molar-refractivity contribution in [2.75, 3.05) is 0 Å². The molecule has 0 fully saturated rings. The van der Waals surface area contributed by atoms with Gasteiger partial charge in [-0.25, -0.2) is 0 Å². The average Bonchev–Trinajstić information content (AvgIpc) is 1.41. The van der Waals surface area contributed by atoms with E-state index in [0.29, 0.717) is 7.58 Å². The minimum atomic E-state index is -0.0868. The predicted molar refractivity (Wildman–Crippen MR) is 24.5 cm³/mol. The van der Waals surface area contributed by atoms with E-state index >= 15 is 0 Å². The minimum Gasteiger partial charge on any atom is -0.343 e. The Morgan fingerprint density at radius 2 is 2.40 bits per heavy atom. The second-order valence-electron chi connectivity index (χ2n) is 0.238. The smallest absolute Gasteiger partial charge is 0.263 e. The van der Waals surface area contributed by atoms with Gasteiger partial charge in [0, 0.05) is 0 Å². The molecule has 0 aromatic carbocycles. The van der Waals surface area contributed by atoms with E-state index in [0.717, 1.165) is 0 Å². The summed E-state index contributed by atoms with van der Waals surface area (Å²) in [7, 11) is 0.264. The van der Waals surface area contributed by atoms with Gasteiger partial charge in [-0.2, -0.15) is 0 Å². The maximum atomic E-state index is 7.74. The standard InChI is InChI=1S/HO2P2S/c1-3-2-4-5/h1H. The zero-order valence-corrected chi connectivity index (χ0v) is 4.76. The third-order valence-corrected chi connectivity index (χ3v) is 1.23. The Bertz CT molecular complexity index is 28.8. The fourth-order valence-corrected chi connectivity index (χ4v) is 0.402. The highest BCUT2D eigenvalue weighted by Crippen LogP contribution is 2.11. The second-order valence-corrected chi connectivity index (χ2v) is 1.65. The van der Waals surface area contributed by atoms with E-state index in [1.54, 1.807) is 0 Å². The summed E-state index contributed by atoms with van der Waals surface area (Å²) in [5, 5.41) is 0. The Hall–Kier alpha value is 0.870. The first kappa shape index (κ1) is 5.87. The van der Waals surface area contributed by atoms with Crippen molar-refractivity contribution in [3.63, 3.8) is 0 Å². The molecule has 2 nitrogen and oxygen atoms in total. The SMILES string of the molecule is O[P]OP=S. The number of hydrogen-bond acceptors (Lipinski definition) is 3. The van der Waals surface area contributed by atoms with E-state index in [2.05, 4.69) is 16.1 Å². The molecule has 0 saturated carbocycles. The van der Waals surface area contributed by atoms with Crippen molar-refractivity contribution in [1.82, 2.24) is 0 Å². The van der Waals surface area contributed by atoms with Crippen molar-refractivity contribution in [1.29, 1.82) is 0 Å². The monoisotopic (exact) mass is 127 g/mol. The lowest BCUT2D eigenvalue weighted by Crippen LogP contribution is -1.37. The maximum absolute atomic E-state index is 7.74. The molecule has 0 rings (SSSR count). The third kappa shape index (κ3) is 4.87. The molecule has 0 spiro atoms. The number of rotatable bonds is 2. The van der Waals surface area contributed by atoms with Crippen LogP contribution in [0.3, 0.4) is 0 Å². The first-order chi connectivity index (χ1) is 2.41. The fraction of sp³-hybridized carbons (Fsp3) is 0. The largest absolute Gasteiger partial charge is 0.343 e. The van der Waals surface area contributed by atoms with Crippen molar-refractivity contribution < 1.29 is 9.20 Å². The van der Waals surface area contributed by atoms with Gasteiger partial charge in [-0.05, 0) is 11.8 Å². The molecule has 1 radical (unpaired) electrons. The van der Waals surface area contributed by atoms with Gasteiger partial charge in [-0.3, -0.25) is 4.31 Å². The van der Waals surface area contributed by atoms with Gasteiger partial charge < -0.3 is 4.89 Å². The molecule has 1 N–H and O–H groups in total. The van der Waals surface area contributed by atoms with Crippen LogP contribution in [0.2, 0.25) is 0 Å². The molecule has 0 aromatic rings. The normalized spacial score (nSPS) is 11.4. The Labute approximate surface area is 38.4 Å². The fourth-order valence-electron chi connectivity index (χ4n) is 0.0149. The first-order valence-corrected chi connectivity index (χ1v) is 3.34. The van der Waals surface area contributed by atoms with Crippen LogP contribution in [0.1, 0.15) is 0 Å². The lowest BCUT2D eigenvalue weighted by Gasteiger charge is -1.71. The highest BCUT2D eigenvalue weighted by molar-refractivity contribution is 7.95. The molecule has 0 aromatic heterocycles. The molecule has 0 aliphatic carbocycles. The Morgan fingerprint density at radius 3 is 2.40 bits per heavy atom. The molecule has 0 unspecified atom stereocenters. The maximum Gasteiger partial charge on any atom is 0.263 e. The summed E-state index contributed by atoms with van der Waals surface area (Å²) in [6.07, 6.45) is 0. The molecular formula is HO2P2S. The predicted octanol–water partition coefficient (Wildman–Crippen LogP) is 1.09. The van der Waals surface area contributed by atoms with E-state index in [1.165, 1.54) is 0 Å². The highest BCUT2D eigenvalue weighted by atomic mass is 32.4. The summed E-state index contributed by atoms with van der Waals surface area (Å²) >= 11 is 4.23. The van der Waals surface area contributed by atoms with Gasteiger partial charge in [0.2, 0.25) is 0 Å². The number of hydrogen-bond donors (Lipinski definition) is 1. The molecular weight excluding hydrogens is 126 g/mol. The Balaban J connectivity index is 2.40. The summed E-state index contributed by atoms with van der Waals surface area (Å²) in [6, 6.07) is 0. The van der Waals surface area contributed by atoms with E-state index < -0.39 is 0 Å². The van der Waals surface area contributed by atoms with Crippen LogP contribution >= 0.6 is 16.6 Å². The second kappa shape index (κ2) is 4.87. The molecule has 5 heteroatoms. The van der Waals surface area contributed by atoms with Gasteiger partial charge in [0.25, 0.3) is 9.03 Å². The first-order valence-electron chi connectivity index (χ1n) is 0.748. The summed E-state index contributed by atoms with van der Waals surface area (Å²) in [5.41, 5.74) is 0. The van der Waals surface area contributed by atoms with Gasteiger partial charge in [-0.1, -0.05) is 0 Å². The average molecular weight is 127 g/mol. The summed E-state index contributed by atoms with van der Waals surface area (Å²) in [5.74, 6) is 0. The van der Waals surface area contributed by atoms with Crippen LogP contribution < -0.4 is 0 Å². The van der Waals surface area contributed by atoms with Crippen molar-refractivity contribution in [2.45, 2.75) is 0 Å². The van der Waals surface area contributed by atoms with Crippen LogP contribution in [-0.4, -0.2) is 4.89 Å². The van der Waals surface area contributed by atoms with E-state index in [-0.39, 0.29) is 9.03 Å². The van der Waals surface area contributed by atoms with Crippen LogP contribution in [0.4, 0.5) is 0 Å².